The van der Waals surface area contributed by atoms with Gasteiger partial charge in [-0.15, -0.1) is 0 Å². The first-order valence-electron chi connectivity index (χ1n) is 7.51. The second kappa shape index (κ2) is 9.00. The van der Waals surface area contributed by atoms with Gasteiger partial charge in [-0.1, -0.05) is 29.8 Å². The molecule has 0 aromatic heterocycles. The van der Waals surface area contributed by atoms with E-state index in [2.05, 4.69) is 17.6 Å². The van der Waals surface area contributed by atoms with E-state index in [9.17, 15) is 0 Å². The van der Waals surface area contributed by atoms with Crippen LogP contribution in [0.4, 0.5) is 0 Å². The Morgan fingerprint density at radius 3 is 2.26 bits per heavy atom. The Labute approximate surface area is 142 Å². The zero-order valence-corrected chi connectivity index (χ0v) is 14.3. The number of thiocarbonyl (C=S) groups is 1. The van der Waals surface area contributed by atoms with Gasteiger partial charge in [0.15, 0.2) is 5.11 Å². The lowest BCUT2D eigenvalue weighted by Crippen LogP contribution is -2.37. The summed E-state index contributed by atoms with van der Waals surface area (Å²) in [5.74, 6) is 1.72. The smallest absolute Gasteiger partial charge is 0.166 e. The summed E-state index contributed by atoms with van der Waals surface area (Å²) < 4.78 is 10.8. The van der Waals surface area contributed by atoms with Crippen molar-refractivity contribution in [3.63, 3.8) is 0 Å². The van der Waals surface area contributed by atoms with Crippen molar-refractivity contribution >= 4 is 17.3 Å². The van der Waals surface area contributed by atoms with Crippen molar-refractivity contribution in [3.8, 4) is 11.5 Å². The molecule has 0 atom stereocenters. The van der Waals surface area contributed by atoms with Gasteiger partial charge >= 0.3 is 0 Å². The monoisotopic (exact) mass is 330 g/mol. The molecule has 2 rings (SSSR count). The molecule has 5 heteroatoms. The number of hydrogen-bond acceptors (Lipinski definition) is 3. The predicted molar refractivity (Wildman–Crippen MR) is 97.1 cm³/mol. The van der Waals surface area contributed by atoms with Crippen LogP contribution in [-0.4, -0.2) is 25.4 Å². The Kier molecular flexibility index (Phi) is 6.69. The molecular formula is C18H22N2O2S. The van der Waals surface area contributed by atoms with Crippen LogP contribution in [0.25, 0.3) is 0 Å². The highest BCUT2D eigenvalue weighted by molar-refractivity contribution is 7.80. The van der Waals surface area contributed by atoms with Gasteiger partial charge in [-0.05, 0) is 49.0 Å². The highest BCUT2D eigenvalue weighted by Gasteiger charge is 1.98. The molecule has 0 saturated carbocycles. The van der Waals surface area contributed by atoms with Crippen LogP contribution in [0.2, 0.25) is 0 Å². The molecule has 0 heterocycles. The highest BCUT2D eigenvalue weighted by atomic mass is 32.1. The van der Waals surface area contributed by atoms with Gasteiger partial charge in [0.1, 0.15) is 18.1 Å². The van der Waals surface area contributed by atoms with Gasteiger partial charge < -0.3 is 20.1 Å². The van der Waals surface area contributed by atoms with Crippen LogP contribution in [-0.2, 0) is 6.54 Å². The third-order valence-corrected chi connectivity index (χ3v) is 3.58. The van der Waals surface area contributed by atoms with Gasteiger partial charge in [0.25, 0.3) is 0 Å². The molecule has 0 aliphatic rings. The van der Waals surface area contributed by atoms with Gasteiger partial charge in [0.05, 0.1) is 13.7 Å². The van der Waals surface area contributed by atoms with Crippen molar-refractivity contribution in [2.24, 2.45) is 0 Å². The first kappa shape index (κ1) is 17.1. The summed E-state index contributed by atoms with van der Waals surface area (Å²) >= 11 is 5.25. The molecule has 0 saturated heterocycles. The maximum atomic E-state index is 5.64. The molecule has 0 aliphatic carbocycles. The zero-order chi connectivity index (χ0) is 16.5. The largest absolute Gasteiger partial charge is 0.497 e. The topological polar surface area (TPSA) is 42.5 Å². The van der Waals surface area contributed by atoms with E-state index < -0.39 is 0 Å². The predicted octanol–water partition coefficient (Wildman–Crippen LogP) is 3.05. The van der Waals surface area contributed by atoms with Gasteiger partial charge in [-0.2, -0.15) is 0 Å². The molecule has 0 fully saturated rings. The van der Waals surface area contributed by atoms with E-state index in [4.69, 9.17) is 21.7 Å². The summed E-state index contributed by atoms with van der Waals surface area (Å²) in [5.41, 5.74) is 2.37. The first-order valence-corrected chi connectivity index (χ1v) is 7.92. The summed E-state index contributed by atoms with van der Waals surface area (Å²) in [7, 11) is 1.66. The number of nitrogens with one attached hydrogen (secondary N) is 2. The molecule has 23 heavy (non-hydrogen) atoms. The van der Waals surface area contributed by atoms with E-state index in [0.29, 0.717) is 24.8 Å². The van der Waals surface area contributed by atoms with Gasteiger partial charge in [0.2, 0.25) is 0 Å². The number of benzene rings is 2. The quantitative estimate of drug-likeness (QED) is 0.603. The van der Waals surface area contributed by atoms with Crippen molar-refractivity contribution in [2.45, 2.75) is 13.5 Å². The minimum absolute atomic E-state index is 0.563. The van der Waals surface area contributed by atoms with Crippen molar-refractivity contribution in [1.29, 1.82) is 0 Å². The normalized spacial score (nSPS) is 10.0. The number of aryl methyl sites for hydroxylation is 1. The first-order chi connectivity index (χ1) is 11.2. The standard InChI is InChI=1S/C18H22N2O2S/c1-14-3-7-17(8-4-14)22-12-11-19-18(23)20-13-15-5-9-16(21-2)10-6-15/h3-10H,11-13H2,1-2H3,(H2,19,20,23). The van der Waals surface area contributed by atoms with E-state index in [-0.39, 0.29) is 0 Å². The lowest BCUT2D eigenvalue weighted by molar-refractivity contribution is 0.322. The fraction of sp³-hybridized carbons (Fsp3) is 0.278. The van der Waals surface area contributed by atoms with E-state index in [1.54, 1.807) is 7.11 Å². The third-order valence-electron chi connectivity index (χ3n) is 3.29. The van der Waals surface area contributed by atoms with E-state index >= 15 is 0 Å². The average molecular weight is 330 g/mol. The molecule has 0 bridgehead atoms. The Bertz CT molecular complexity index is 612. The maximum Gasteiger partial charge on any atom is 0.166 e. The lowest BCUT2D eigenvalue weighted by atomic mass is 10.2. The number of methoxy groups -OCH3 is 1. The second-order valence-electron chi connectivity index (χ2n) is 5.12. The minimum Gasteiger partial charge on any atom is -0.497 e. The highest BCUT2D eigenvalue weighted by Crippen LogP contribution is 2.11. The molecule has 0 spiro atoms. The Morgan fingerprint density at radius 2 is 1.61 bits per heavy atom. The van der Waals surface area contributed by atoms with Crippen molar-refractivity contribution in [3.05, 3.63) is 59.7 Å². The Morgan fingerprint density at radius 1 is 0.957 bits per heavy atom. The maximum absolute atomic E-state index is 5.64. The van der Waals surface area contributed by atoms with Crippen LogP contribution < -0.4 is 20.1 Å². The van der Waals surface area contributed by atoms with Gasteiger partial charge in [-0.3, -0.25) is 0 Å². The summed E-state index contributed by atoms with van der Waals surface area (Å²) in [6, 6.07) is 15.9. The molecule has 4 nitrogen and oxygen atoms in total. The van der Waals surface area contributed by atoms with E-state index in [1.807, 2.05) is 48.5 Å². The molecule has 0 aliphatic heterocycles. The summed E-state index contributed by atoms with van der Waals surface area (Å²) in [4.78, 5) is 0. The lowest BCUT2D eigenvalue weighted by Gasteiger charge is -2.11. The number of ether oxygens (including phenoxy) is 2. The molecular weight excluding hydrogens is 308 g/mol. The average Bonchev–Trinajstić information content (AvgIpc) is 2.59. The Balaban J connectivity index is 1.62. The van der Waals surface area contributed by atoms with Gasteiger partial charge in [-0.25, -0.2) is 0 Å². The number of hydrogen-bond donors (Lipinski definition) is 2. The van der Waals surface area contributed by atoms with Crippen LogP contribution >= 0.6 is 12.2 Å². The summed E-state index contributed by atoms with van der Waals surface area (Å²) in [6.45, 7) is 3.95. The molecule has 2 N–H and O–H groups in total. The molecule has 122 valence electrons. The van der Waals surface area contributed by atoms with Crippen molar-refractivity contribution in [1.82, 2.24) is 10.6 Å². The van der Waals surface area contributed by atoms with Crippen LogP contribution in [0.15, 0.2) is 48.5 Å². The van der Waals surface area contributed by atoms with Crippen LogP contribution in [0.5, 0.6) is 11.5 Å². The van der Waals surface area contributed by atoms with Gasteiger partial charge in [0, 0.05) is 6.54 Å². The van der Waals surface area contributed by atoms with Crippen molar-refractivity contribution in [2.75, 3.05) is 20.3 Å². The van der Waals surface area contributed by atoms with Crippen LogP contribution in [0, 0.1) is 6.92 Å². The summed E-state index contributed by atoms with van der Waals surface area (Å²) in [6.07, 6.45) is 0. The molecule has 0 amide bonds. The molecule has 2 aromatic carbocycles. The third kappa shape index (κ3) is 6.16. The molecule has 0 radical (unpaired) electrons. The minimum atomic E-state index is 0.563. The molecule has 0 unspecified atom stereocenters. The second-order valence-corrected chi connectivity index (χ2v) is 5.53. The van der Waals surface area contributed by atoms with E-state index in [0.717, 1.165) is 17.1 Å². The summed E-state index contributed by atoms with van der Waals surface area (Å²) in [5, 5.41) is 6.91. The number of rotatable bonds is 7. The van der Waals surface area contributed by atoms with Crippen LogP contribution in [0.1, 0.15) is 11.1 Å². The van der Waals surface area contributed by atoms with E-state index in [1.165, 1.54) is 5.56 Å². The fourth-order valence-corrected chi connectivity index (χ4v) is 2.13. The zero-order valence-electron chi connectivity index (χ0n) is 13.5. The fourth-order valence-electron chi connectivity index (χ4n) is 1.96. The molecule has 2 aromatic rings. The van der Waals surface area contributed by atoms with Crippen LogP contribution in [0.3, 0.4) is 0 Å². The SMILES string of the molecule is COc1ccc(CNC(=S)NCCOc2ccc(C)cc2)cc1. The Hall–Kier alpha value is -2.27. The van der Waals surface area contributed by atoms with Crippen molar-refractivity contribution < 1.29 is 9.47 Å².